The van der Waals surface area contributed by atoms with Gasteiger partial charge in [-0.05, 0) is 48.5 Å². The van der Waals surface area contributed by atoms with Gasteiger partial charge in [-0.15, -0.1) is 0 Å². The van der Waals surface area contributed by atoms with Gasteiger partial charge in [-0.1, -0.05) is 18.2 Å². The smallest absolute Gasteiger partial charge is 0.255 e. The van der Waals surface area contributed by atoms with Crippen LogP contribution in [0.2, 0.25) is 0 Å². The van der Waals surface area contributed by atoms with E-state index in [-0.39, 0.29) is 11.5 Å². The van der Waals surface area contributed by atoms with Gasteiger partial charge in [0.1, 0.15) is 11.6 Å². The third kappa shape index (κ3) is 4.49. The molecular weight excluding hydrogens is 433 g/mol. The van der Waals surface area contributed by atoms with Gasteiger partial charge in [0.2, 0.25) is 0 Å². The predicted molar refractivity (Wildman–Crippen MR) is 129 cm³/mol. The summed E-state index contributed by atoms with van der Waals surface area (Å²) in [6.07, 6.45) is 1.73. The van der Waals surface area contributed by atoms with Crippen molar-refractivity contribution in [2.45, 2.75) is 0 Å². The van der Waals surface area contributed by atoms with Crippen LogP contribution in [0, 0.1) is 5.82 Å². The minimum atomic E-state index is -0.663. The van der Waals surface area contributed by atoms with Gasteiger partial charge in [0, 0.05) is 43.0 Å². The Hall–Kier alpha value is -4.17. The second kappa shape index (κ2) is 9.36. The van der Waals surface area contributed by atoms with E-state index in [2.05, 4.69) is 25.5 Å². The summed E-state index contributed by atoms with van der Waals surface area (Å²) in [7, 11) is 0. The van der Waals surface area contributed by atoms with Crippen molar-refractivity contribution in [3.05, 3.63) is 95.4 Å². The molecule has 1 aliphatic rings. The fraction of sp³-hybridized carbons (Fsp3) is 0.154. The van der Waals surface area contributed by atoms with E-state index in [0.717, 1.165) is 32.0 Å². The lowest BCUT2D eigenvalue weighted by molar-refractivity contribution is 0.102. The molecule has 1 saturated heterocycles. The molecule has 7 nitrogen and oxygen atoms in total. The number of ketones is 1. The Balaban J connectivity index is 1.42. The fourth-order valence-corrected chi connectivity index (χ4v) is 3.91. The standard InChI is InChI=1S/C26H22FN5O2/c27-21-8-7-19(30-26(34)17-4-2-1-3-5-17)15-20(21)25(33)18-6-9-22-23(14-18)31-24(16-29-22)32-12-10-28-11-13-32/h1-9,14-16,28H,10-13H2,(H,30,34). The van der Waals surface area contributed by atoms with Gasteiger partial charge in [0.15, 0.2) is 5.78 Å². The van der Waals surface area contributed by atoms with Crippen molar-refractivity contribution < 1.29 is 14.0 Å². The lowest BCUT2D eigenvalue weighted by Crippen LogP contribution is -2.43. The zero-order valence-electron chi connectivity index (χ0n) is 18.3. The Morgan fingerprint density at radius 1 is 0.912 bits per heavy atom. The average Bonchev–Trinajstić information content (AvgIpc) is 2.89. The summed E-state index contributed by atoms with van der Waals surface area (Å²) in [5.74, 6) is -0.754. The highest BCUT2D eigenvalue weighted by Gasteiger charge is 2.18. The van der Waals surface area contributed by atoms with Crippen molar-refractivity contribution in [3.63, 3.8) is 0 Å². The zero-order valence-corrected chi connectivity index (χ0v) is 18.3. The molecule has 5 rings (SSSR count). The summed E-state index contributed by atoms with van der Waals surface area (Å²) >= 11 is 0. The molecule has 0 aliphatic carbocycles. The fourth-order valence-electron chi connectivity index (χ4n) is 3.91. The number of anilines is 2. The number of nitrogens with zero attached hydrogens (tertiary/aromatic N) is 3. The number of rotatable bonds is 5. The number of amides is 1. The van der Waals surface area contributed by atoms with Gasteiger partial charge in [-0.2, -0.15) is 0 Å². The summed E-state index contributed by atoms with van der Waals surface area (Å²) in [5.41, 5.74) is 2.19. The van der Waals surface area contributed by atoms with Crippen molar-refractivity contribution in [1.82, 2.24) is 15.3 Å². The molecular formula is C26H22FN5O2. The number of aromatic nitrogens is 2. The molecule has 0 spiro atoms. The second-order valence-corrected chi connectivity index (χ2v) is 8.01. The summed E-state index contributed by atoms with van der Waals surface area (Å²) in [6.45, 7) is 3.39. The van der Waals surface area contributed by atoms with Crippen LogP contribution in [-0.2, 0) is 0 Å². The van der Waals surface area contributed by atoms with E-state index in [9.17, 15) is 14.0 Å². The Morgan fingerprint density at radius 3 is 2.50 bits per heavy atom. The lowest BCUT2D eigenvalue weighted by atomic mass is 10.0. The van der Waals surface area contributed by atoms with Crippen molar-refractivity contribution >= 4 is 34.2 Å². The van der Waals surface area contributed by atoms with E-state index in [4.69, 9.17) is 0 Å². The number of piperazine rings is 1. The topological polar surface area (TPSA) is 87.2 Å². The maximum atomic E-state index is 14.6. The van der Waals surface area contributed by atoms with Crippen LogP contribution in [0.25, 0.3) is 11.0 Å². The van der Waals surface area contributed by atoms with Gasteiger partial charge < -0.3 is 15.5 Å². The number of nitrogens with one attached hydrogen (secondary N) is 2. The van der Waals surface area contributed by atoms with E-state index in [1.54, 1.807) is 48.7 Å². The van der Waals surface area contributed by atoms with Crippen LogP contribution in [0.15, 0.2) is 72.9 Å². The molecule has 0 atom stereocenters. The number of fused-ring (bicyclic) bond motifs is 1. The maximum absolute atomic E-state index is 14.6. The van der Waals surface area contributed by atoms with Gasteiger partial charge >= 0.3 is 0 Å². The van der Waals surface area contributed by atoms with E-state index in [0.29, 0.717) is 27.8 Å². The molecule has 3 aromatic carbocycles. The first-order chi connectivity index (χ1) is 16.6. The predicted octanol–water partition coefficient (Wildman–Crippen LogP) is 3.66. The van der Waals surface area contributed by atoms with E-state index in [1.165, 1.54) is 18.2 Å². The quantitative estimate of drug-likeness (QED) is 0.447. The molecule has 2 heterocycles. The average molecular weight is 455 g/mol. The van der Waals surface area contributed by atoms with Gasteiger partial charge in [-0.25, -0.2) is 9.37 Å². The zero-order chi connectivity index (χ0) is 23.5. The third-order valence-electron chi connectivity index (χ3n) is 5.74. The van der Waals surface area contributed by atoms with Crippen LogP contribution in [0.1, 0.15) is 26.3 Å². The Labute approximate surface area is 195 Å². The Bertz CT molecular complexity index is 1370. The summed E-state index contributed by atoms with van der Waals surface area (Å²) in [4.78, 5) is 36.9. The molecule has 0 unspecified atom stereocenters. The molecule has 4 aromatic rings. The number of hydrogen-bond acceptors (Lipinski definition) is 6. The largest absolute Gasteiger partial charge is 0.353 e. The Kier molecular flexibility index (Phi) is 5.97. The molecule has 0 saturated carbocycles. The molecule has 1 fully saturated rings. The van der Waals surface area contributed by atoms with Crippen LogP contribution in [0.5, 0.6) is 0 Å². The van der Waals surface area contributed by atoms with E-state index >= 15 is 0 Å². The van der Waals surface area contributed by atoms with Crippen molar-refractivity contribution in [1.29, 1.82) is 0 Å². The van der Waals surface area contributed by atoms with Crippen LogP contribution in [0.3, 0.4) is 0 Å². The van der Waals surface area contributed by atoms with Crippen LogP contribution >= 0.6 is 0 Å². The summed E-state index contributed by atoms with van der Waals surface area (Å²) in [6, 6.07) is 17.6. The third-order valence-corrected chi connectivity index (χ3v) is 5.74. The second-order valence-electron chi connectivity index (χ2n) is 8.01. The summed E-state index contributed by atoms with van der Waals surface area (Å²) in [5, 5.41) is 6.01. The van der Waals surface area contributed by atoms with Crippen LogP contribution in [0.4, 0.5) is 15.9 Å². The first-order valence-corrected chi connectivity index (χ1v) is 11.0. The van der Waals surface area contributed by atoms with Crippen LogP contribution < -0.4 is 15.5 Å². The van der Waals surface area contributed by atoms with Gasteiger partial charge in [0.05, 0.1) is 22.8 Å². The molecule has 170 valence electrons. The number of benzene rings is 3. The number of halogens is 1. The normalized spacial score (nSPS) is 13.6. The number of carbonyl (C=O) groups is 2. The molecule has 34 heavy (non-hydrogen) atoms. The number of carbonyl (C=O) groups excluding carboxylic acids is 2. The molecule has 2 N–H and O–H groups in total. The number of hydrogen-bond donors (Lipinski definition) is 2. The minimum absolute atomic E-state index is 0.128. The SMILES string of the molecule is O=C(Nc1ccc(F)c(C(=O)c2ccc3ncc(N4CCNCC4)nc3c2)c1)c1ccccc1. The molecule has 1 amide bonds. The Morgan fingerprint density at radius 2 is 1.71 bits per heavy atom. The lowest BCUT2D eigenvalue weighted by Gasteiger charge is -2.28. The molecule has 8 heteroatoms. The highest BCUT2D eigenvalue weighted by Crippen LogP contribution is 2.22. The monoisotopic (exact) mass is 455 g/mol. The van der Waals surface area contributed by atoms with Crippen molar-refractivity contribution in [3.8, 4) is 0 Å². The molecule has 0 radical (unpaired) electrons. The van der Waals surface area contributed by atoms with E-state index < -0.39 is 11.6 Å². The molecule has 1 aromatic heterocycles. The highest BCUT2D eigenvalue weighted by molar-refractivity contribution is 6.11. The molecule has 1 aliphatic heterocycles. The minimum Gasteiger partial charge on any atom is -0.353 e. The van der Waals surface area contributed by atoms with E-state index in [1.807, 2.05) is 6.07 Å². The van der Waals surface area contributed by atoms with Gasteiger partial charge in [0.25, 0.3) is 5.91 Å². The highest BCUT2D eigenvalue weighted by atomic mass is 19.1. The maximum Gasteiger partial charge on any atom is 0.255 e. The van der Waals surface area contributed by atoms with Crippen LogP contribution in [-0.4, -0.2) is 47.8 Å². The summed E-state index contributed by atoms with van der Waals surface area (Å²) < 4.78 is 14.6. The first kappa shape index (κ1) is 21.7. The van der Waals surface area contributed by atoms with Crippen molar-refractivity contribution in [2.75, 3.05) is 36.4 Å². The molecule has 0 bridgehead atoms. The van der Waals surface area contributed by atoms with Crippen molar-refractivity contribution in [2.24, 2.45) is 0 Å². The van der Waals surface area contributed by atoms with Gasteiger partial charge in [-0.3, -0.25) is 14.6 Å². The first-order valence-electron chi connectivity index (χ1n) is 11.0.